The lowest BCUT2D eigenvalue weighted by atomic mass is 10.1. The van der Waals surface area contributed by atoms with Gasteiger partial charge in [0.05, 0.1) is 0 Å². The van der Waals surface area contributed by atoms with Gasteiger partial charge in [-0.05, 0) is 30.3 Å². The van der Waals surface area contributed by atoms with Crippen molar-refractivity contribution < 1.29 is 18.0 Å². The van der Waals surface area contributed by atoms with E-state index in [4.69, 9.17) is 0 Å². The van der Waals surface area contributed by atoms with Gasteiger partial charge in [0.15, 0.2) is 5.69 Å². The molecule has 0 fully saturated rings. The van der Waals surface area contributed by atoms with E-state index in [9.17, 15) is 18.0 Å². The molecule has 0 radical (unpaired) electrons. The van der Waals surface area contributed by atoms with E-state index in [-0.39, 0.29) is 29.2 Å². The first-order chi connectivity index (χ1) is 14.5. The second-order valence-electron chi connectivity index (χ2n) is 6.31. The topological polar surface area (TPSA) is 72.7 Å². The molecule has 1 N–H and O–H groups in total. The fourth-order valence-electron chi connectivity index (χ4n) is 2.91. The van der Waals surface area contributed by atoms with Gasteiger partial charge in [-0.2, -0.15) is 0 Å². The summed E-state index contributed by atoms with van der Waals surface area (Å²) in [5.41, 5.74) is 0.838. The van der Waals surface area contributed by atoms with Crippen LogP contribution in [0.3, 0.4) is 0 Å². The fourth-order valence-corrected chi connectivity index (χ4v) is 2.91. The number of para-hydroxylation sites is 1. The van der Waals surface area contributed by atoms with E-state index in [0.29, 0.717) is 5.56 Å². The number of hydrogen-bond donors (Lipinski definition) is 1. The van der Waals surface area contributed by atoms with Gasteiger partial charge in [0.1, 0.15) is 28.8 Å². The number of amides is 1. The molecule has 0 saturated carbocycles. The Morgan fingerprint density at radius 3 is 2.57 bits per heavy atom. The summed E-state index contributed by atoms with van der Waals surface area (Å²) in [6, 6.07) is 12.3. The Hall–Kier alpha value is -4.01. The Morgan fingerprint density at radius 1 is 1.00 bits per heavy atom. The summed E-state index contributed by atoms with van der Waals surface area (Å²) in [7, 11) is 0. The van der Waals surface area contributed by atoms with Crippen molar-refractivity contribution in [3.05, 3.63) is 95.7 Å². The molecule has 2 aromatic heterocycles. The van der Waals surface area contributed by atoms with Crippen LogP contribution in [-0.4, -0.2) is 25.9 Å². The molecule has 0 aliphatic heterocycles. The lowest BCUT2D eigenvalue weighted by Gasteiger charge is -2.09. The molecule has 4 aromatic rings. The summed E-state index contributed by atoms with van der Waals surface area (Å²) in [5.74, 6) is -2.69. The molecule has 0 aliphatic carbocycles. The van der Waals surface area contributed by atoms with Crippen LogP contribution in [0.1, 0.15) is 16.1 Å². The number of halogens is 3. The molecule has 9 heteroatoms. The van der Waals surface area contributed by atoms with Gasteiger partial charge in [-0.15, -0.1) is 5.10 Å². The third-order valence-electron chi connectivity index (χ3n) is 4.36. The van der Waals surface area contributed by atoms with Crippen LogP contribution in [0, 0.1) is 17.5 Å². The maximum atomic E-state index is 14.4. The summed E-state index contributed by atoms with van der Waals surface area (Å²) in [5, 5.41) is 10.4. The van der Waals surface area contributed by atoms with Gasteiger partial charge in [0, 0.05) is 36.1 Å². The second-order valence-corrected chi connectivity index (χ2v) is 6.31. The van der Waals surface area contributed by atoms with Gasteiger partial charge in [0.2, 0.25) is 0 Å². The van der Waals surface area contributed by atoms with Gasteiger partial charge < -0.3 is 5.32 Å². The van der Waals surface area contributed by atoms with E-state index in [1.165, 1.54) is 35.1 Å². The first kappa shape index (κ1) is 19.3. The third kappa shape index (κ3) is 3.77. The Labute approximate surface area is 169 Å². The Balaban J connectivity index is 1.71. The summed E-state index contributed by atoms with van der Waals surface area (Å²) < 4.78 is 42.5. The molecule has 0 spiro atoms. The average molecular weight is 409 g/mol. The van der Waals surface area contributed by atoms with E-state index in [1.54, 1.807) is 24.4 Å². The highest BCUT2D eigenvalue weighted by Crippen LogP contribution is 2.26. The van der Waals surface area contributed by atoms with Crippen molar-refractivity contribution in [1.29, 1.82) is 0 Å². The van der Waals surface area contributed by atoms with Crippen molar-refractivity contribution in [3.8, 4) is 16.9 Å². The smallest absolute Gasteiger partial charge is 0.274 e. The number of nitrogens with one attached hydrogen (secondary N) is 1. The number of pyridine rings is 1. The number of carbonyl (C=O) groups is 1. The first-order valence-corrected chi connectivity index (χ1v) is 8.87. The van der Waals surface area contributed by atoms with Crippen LogP contribution >= 0.6 is 0 Å². The number of rotatable bonds is 5. The molecular formula is C21H14F3N5O. The lowest BCUT2D eigenvalue weighted by Crippen LogP contribution is -2.24. The van der Waals surface area contributed by atoms with E-state index in [0.717, 1.165) is 12.1 Å². The summed E-state index contributed by atoms with van der Waals surface area (Å²) in [6.07, 6.45) is 3.05. The molecule has 0 aliphatic rings. The highest BCUT2D eigenvalue weighted by molar-refractivity contribution is 5.98. The predicted molar refractivity (Wildman–Crippen MR) is 102 cm³/mol. The largest absolute Gasteiger partial charge is 0.346 e. The van der Waals surface area contributed by atoms with Crippen LogP contribution in [0.25, 0.3) is 16.9 Å². The Kier molecular flexibility index (Phi) is 5.25. The van der Waals surface area contributed by atoms with Gasteiger partial charge in [-0.1, -0.05) is 23.4 Å². The normalized spacial score (nSPS) is 10.8. The maximum Gasteiger partial charge on any atom is 0.274 e. The van der Waals surface area contributed by atoms with Gasteiger partial charge in [0.25, 0.3) is 5.91 Å². The van der Waals surface area contributed by atoms with Crippen LogP contribution < -0.4 is 5.32 Å². The molecule has 6 nitrogen and oxygen atoms in total. The van der Waals surface area contributed by atoms with Gasteiger partial charge in [-0.25, -0.2) is 17.9 Å². The summed E-state index contributed by atoms with van der Waals surface area (Å²) >= 11 is 0. The standard InChI is InChI=1S/C21H14F3N5O/c22-15-8-7-13(17(24)10-15)12-26-21(30)19-20(14-4-3-9-25-11-14)29(28-27-19)18-6-2-1-5-16(18)23/h1-11H,12H2,(H,26,30). The molecular weight excluding hydrogens is 395 g/mol. The molecule has 0 atom stereocenters. The van der Waals surface area contributed by atoms with Crippen LogP contribution in [0.5, 0.6) is 0 Å². The van der Waals surface area contributed by atoms with Crippen LogP contribution in [0.4, 0.5) is 13.2 Å². The van der Waals surface area contributed by atoms with Crippen molar-refractivity contribution >= 4 is 5.91 Å². The molecule has 0 unspecified atom stereocenters. The van der Waals surface area contributed by atoms with E-state index in [1.807, 2.05) is 0 Å². The Morgan fingerprint density at radius 2 is 1.83 bits per heavy atom. The maximum absolute atomic E-state index is 14.4. The minimum absolute atomic E-state index is 0.0891. The highest BCUT2D eigenvalue weighted by atomic mass is 19.1. The summed E-state index contributed by atoms with van der Waals surface area (Å²) in [4.78, 5) is 16.8. The molecule has 150 valence electrons. The molecule has 2 heterocycles. The number of aromatic nitrogens is 4. The van der Waals surface area contributed by atoms with Crippen molar-refractivity contribution in [2.75, 3.05) is 0 Å². The zero-order valence-electron chi connectivity index (χ0n) is 15.4. The third-order valence-corrected chi connectivity index (χ3v) is 4.36. The zero-order chi connectivity index (χ0) is 21.1. The highest BCUT2D eigenvalue weighted by Gasteiger charge is 2.23. The van der Waals surface area contributed by atoms with E-state index < -0.39 is 23.4 Å². The average Bonchev–Trinajstić information content (AvgIpc) is 3.19. The van der Waals surface area contributed by atoms with E-state index in [2.05, 4.69) is 20.6 Å². The number of benzene rings is 2. The Bertz CT molecular complexity index is 1210. The zero-order valence-corrected chi connectivity index (χ0v) is 15.4. The molecule has 30 heavy (non-hydrogen) atoms. The lowest BCUT2D eigenvalue weighted by molar-refractivity contribution is 0.0946. The van der Waals surface area contributed by atoms with E-state index >= 15 is 0 Å². The van der Waals surface area contributed by atoms with Gasteiger partial charge >= 0.3 is 0 Å². The molecule has 2 aromatic carbocycles. The number of hydrogen-bond acceptors (Lipinski definition) is 4. The van der Waals surface area contributed by atoms with Crippen molar-refractivity contribution in [1.82, 2.24) is 25.3 Å². The van der Waals surface area contributed by atoms with Crippen molar-refractivity contribution in [3.63, 3.8) is 0 Å². The van der Waals surface area contributed by atoms with Crippen molar-refractivity contribution in [2.24, 2.45) is 0 Å². The SMILES string of the molecule is O=C(NCc1ccc(F)cc1F)c1nnn(-c2ccccc2F)c1-c1cccnc1. The first-order valence-electron chi connectivity index (χ1n) is 8.87. The number of carbonyl (C=O) groups excluding carboxylic acids is 1. The fraction of sp³-hybridized carbons (Fsp3) is 0.0476. The van der Waals surface area contributed by atoms with Crippen molar-refractivity contribution in [2.45, 2.75) is 6.54 Å². The van der Waals surface area contributed by atoms with Crippen LogP contribution in [0.15, 0.2) is 67.0 Å². The molecule has 4 rings (SSSR count). The minimum Gasteiger partial charge on any atom is -0.346 e. The molecule has 0 bridgehead atoms. The molecule has 1 amide bonds. The quantitative estimate of drug-likeness (QED) is 0.546. The minimum atomic E-state index is -0.780. The monoisotopic (exact) mass is 409 g/mol. The predicted octanol–water partition coefficient (Wildman–Crippen LogP) is 3.68. The summed E-state index contributed by atoms with van der Waals surface area (Å²) in [6.45, 7) is -0.190. The second kappa shape index (κ2) is 8.16. The van der Waals surface area contributed by atoms with Crippen LogP contribution in [-0.2, 0) is 6.54 Å². The molecule has 0 saturated heterocycles. The number of nitrogens with zero attached hydrogens (tertiary/aromatic N) is 4. The van der Waals surface area contributed by atoms with Gasteiger partial charge in [-0.3, -0.25) is 9.78 Å². The van der Waals surface area contributed by atoms with Crippen LogP contribution in [0.2, 0.25) is 0 Å².